The van der Waals surface area contributed by atoms with Crippen LogP contribution in [-0.2, 0) is 6.54 Å². The number of hydrogen-bond donors (Lipinski definition) is 1. The predicted octanol–water partition coefficient (Wildman–Crippen LogP) is 2.48. The van der Waals surface area contributed by atoms with Crippen molar-refractivity contribution in [3.63, 3.8) is 0 Å². The van der Waals surface area contributed by atoms with E-state index < -0.39 is 0 Å². The molecule has 22 heavy (non-hydrogen) atoms. The Hall–Kier alpha value is -1.26. The summed E-state index contributed by atoms with van der Waals surface area (Å²) >= 11 is 0. The highest BCUT2D eigenvalue weighted by Gasteiger charge is 2.21. The highest BCUT2D eigenvalue weighted by Crippen LogP contribution is 2.31. The zero-order chi connectivity index (χ0) is 15.5. The van der Waals surface area contributed by atoms with E-state index >= 15 is 0 Å². The van der Waals surface area contributed by atoms with Crippen LogP contribution in [-0.4, -0.2) is 50.3 Å². The summed E-state index contributed by atoms with van der Waals surface area (Å²) in [5.74, 6) is 1.04. The van der Waals surface area contributed by atoms with Gasteiger partial charge in [0.25, 0.3) is 0 Å². The second-order valence-electron chi connectivity index (χ2n) is 6.91. The maximum Gasteiger partial charge on any atom is 0.143 e. The second-order valence-corrected chi connectivity index (χ2v) is 6.91. The van der Waals surface area contributed by atoms with E-state index in [0.29, 0.717) is 0 Å². The quantitative estimate of drug-likeness (QED) is 0.874. The Labute approximate surface area is 134 Å². The Balaban J connectivity index is 1.74. The highest BCUT2D eigenvalue weighted by atomic mass is 16.5. The normalized spacial score (nSPS) is 19.7. The number of rotatable bonds is 6. The van der Waals surface area contributed by atoms with Crippen molar-refractivity contribution in [3.05, 3.63) is 23.8 Å². The summed E-state index contributed by atoms with van der Waals surface area (Å²) in [7, 11) is 2.19. The van der Waals surface area contributed by atoms with E-state index in [1.807, 2.05) is 0 Å². The van der Waals surface area contributed by atoms with Gasteiger partial charge in [0.05, 0.1) is 11.8 Å². The van der Waals surface area contributed by atoms with Crippen LogP contribution >= 0.6 is 0 Å². The van der Waals surface area contributed by atoms with Crippen LogP contribution < -0.4 is 15.0 Å². The standard InChI is InChI=1S/C18H29N3O/c1-14(2)22-18-12-15(13-19-16-5-6-16)4-7-17(18)21-10-8-20(3)9-11-21/h4,7,12,14,16,19H,5-6,8-11,13H2,1-3H3. The fraction of sp³-hybridized carbons (Fsp3) is 0.667. The van der Waals surface area contributed by atoms with Crippen LogP contribution in [0.3, 0.4) is 0 Å². The molecule has 0 radical (unpaired) electrons. The third-order valence-electron chi connectivity index (χ3n) is 4.40. The van der Waals surface area contributed by atoms with Crippen LogP contribution in [0, 0.1) is 0 Å². The lowest BCUT2D eigenvalue weighted by Gasteiger charge is -2.35. The Morgan fingerprint density at radius 1 is 1.18 bits per heavy atom. The molecular weight excluding hydrogens is 274 g/mol. The molecule has 0 amide bonds. The summed E-state index contributed by atoms with van der Waals surface area (Å²) in [6.45, 7) is 9.53. The van der Waals surface area contributed by atoms with Gasteiger partial charge < -0.3 is 19.9 Å². The van der Waals surface area contributed by atoms with E-state index in [4.69, 9.17) is 4.74 Å². The van der Waals surface area contributed by atoms with Crippen molar-refractivity contribution >= 4 is 5.69 Å². The Bertz CT molecular complexity index is 491. The molecule has 1 aliphatic heterocycles. The summed E-state index contributed by atoms with van der Waals surface area (Å²) in [5.41, 5.74) is 2.57. The van der Waals surface area contributed by atoms with E-state index in [1.165, 1.54) is 24.1 Å². The molecule has 1 aromatic carbocycles. The molecule has 1 saturated heterocycles. The fourth-order valence-electron chi connectivity index (χ4n) is 2.88. The van der Waals surface area contributed by atoms with Crippen molar-refractivity contribution in [2.24, 2.45) is 0 Å². The molecule has 0 atom stereocenters. The van der Waals surface area contributed by atoms with Gasteiger partial charge in [0.15, 0.2) is 0 Å². The smallest absolute Gasteiger partial charge is 0.143 e. The molecule has 122 valence electrons. The lowest BCUT2D eigenvalue weighted by Crippen LogP contribution is -2.44. The van der Waals surface area contributed by atoms with Crippen LogP contribution in [0.25, 0.3) is 0 Å². The number of hydrogen-bond acceptors (Lipinski definition) is 4. The maximum atomic E-state index is 6.11. The van der Waals surface area contributed by atoms with Crippen LogP contribution in [0.4, 0.5) is 5.69 Å². The van der Waals surface area contributed by atoms with Crippen LogP contribution in [0.15, 0.2) is 18.2 Å². The molecule has 1 N–H and O–H groups in total. The molecule has 0 spiro atoms. The van der Waals surface area contributed by atoms with E-state index in [0.717, 1.165) is 44.5 Å². The molecule has 4 heteroatoms. The van der Waals surface area contributed by atoms with Crippen LogP contribution in [0.1, 0.15) is 32.3 Å². The van der Waals surface area contributed by atoms with Crippen molar-refractivity contribution < 1.29 is 4.74 Å². The summed E-state index contributed by atoms with van der Waals surface area (Å²) in [6, 6.07) is 7.46. The van der Waals surface area contributed by atoms with Crippen LogP contribution in [0.5, 0.6) is 5.75 Å². The van der Waals surface area contributed by atoms with Gasteiger partial charge in [-0.15, -0.1) is 0 Å². The molecule has 0 aromatic heterocycles. The molecule has 3 rings (SSSR count). The van der Waals surface area contributed by atoms with Crippen molar-refractivity contribution in [2.45, 2.75) is 45.4 Å². The summed E-state index contributed by atoms with van der Waals surface area (Å²) in [5, 5.41) is 3.58. The molecule has 1 aromatic rings. The number of anilines is 1. The average molecular weight is 303 g/mol. The Morgan fingerprint density at radius 3 is 2.55 bits per heavy atom. The monoisotopic (exact) mass is 303 g/mol. The minimum Gasteiger partial charge on any atom is -0.489 e. The van der Waals surface area contributed by atoms with Gasteiger partial charge in [-0.2, -0.15) is 0 Å². The fourth-order valence-corrected chi connectivity index (χ4v) is 2.88. The summed E-state index contributed by atoms with van der Waals surface area (Å²) in [6.07, 6.45) is 2.86. The third kappa shape index (κ3) is 4.14. The lowest BCUT2D eigenvalue weighted by atomic mass is 10.1. The molecular formula is C18H29N3O. The average Bonchev–Trinajstić information content (AvgIpc) is 3.30. The minimum absolute atomic E-state index is 0.206. The van der Waals surface area contributed by atoms with Crippen molar-refractivity contribution in [2.75, 3.05) is 38.1 Å². The van der Waals surface area contributed by atoms with Gasteiger partial charge in [-0.05, 0) is 51.4 Å². The van der Waals surface area contributed by atoms with E-state index in [2.05, 4.69) is 54.2 Å². The van der Waals surface area contributed by atoms with Gasteiger partial charge in [0.1, 0.15) is 5.75 Å². The van der Waals surface area contributed by atoms with Gasteiger partial charge in [-0.1, -0.05) is 6.07 Å². The second kappa shape index (κ2) is 6.88. The first-order valence-corrected chi connectivity index (χ1v) is 8.58. The maximum absolute atomic E-state index is 6.11. The third-order valence-corrected chi connectivity index (χ3v) is 4.40. The van der Waals surface area contributed by atoms with Gasteiger partial charge in [-0.25, -0.2) is 0 Å². The topological polar surface area (TPSA) is 27.7 Å². The SMILES string of the molecule is CC(C)Oc1cc(CNC2CC2)ccc1N1CCN(C)CC1. The number of benzene rings is 1. The zero-order valence-electron chi connectivity index (χ0n) is 14.1. The Kier molecular flexibility index (Phi) is 4.89. The summed E-state index contributed by atoms with van der Waals surface area (Å²) in [4.78, 5) is 4.84. The first-order chi connectivity index (χ1) is 10.6. The first kappa shape index (κ1) is 15.6. The zero-order valence-corrected chi connectivity index (χ0v) is 14.1. The van der Waals surface area contributed by atoms with Crippen molar-refractivity contribution in [3.8, 4) is 5.75 Å². The summed E-state index contributed by atoms with van der Waals surface area (Å²) < 4.78 is 6.11. The number of ether oxygens (including phenoxy) is 1. The van der Waals surface area contributed by atoms with Crippen LogP contribution in [0.2, 0.25) is 0 Å². The van der Waals surface area contributed by atoms with E-state index in [9.17, 15) is 0 Å². The largest absolute Gasteiger partial charge is 0.489 e. The van der Waals surface area contributed by atoms with Gasteiger partial charge in [0.2, 0.25) is 0 Å². The molecule has 1 aliphatic carbocycles. The minimum atomic E-state index is 0.206. The Morgan fingerprint density at radius 2 is 1.91 bits per heavy atom. The molecule has 2 aliphatic rings. The van der Waals surface area contributed by atoms with E-state index in [-0.39, 0.29) is 6.10 Å². The predicted molar refractivity (Wildman–Crippen MR) is 91.8 cm³/mol. The van der Waals surface area contributed by atoms with Gasteiger partial charge in [0, 0.05) is 38.8 Å². The van der Waals surface area contributed by atoms with E-state index in [1.54, 1.807) is 0 Å². The number of piperazine rings is 1. The molecule has 1 saturated carbocycles. The number of nitrogens with zero attached hydrogens (tertiary/aromatic N) is 2. The van der Waals surface area contributed by atoms with Gasteiger partial charge in [-0.3, -0.25) is 0 Å². The van der Waals surface area contributed by atoms with Crippen molar-refractivity contribution in [1.29, 1.82) is 0 Å². The lowest BCUT2D eigenvalue weighted by molar-refractivity contribution is 0.241. The van der Waals surface area contributed by atoms with Gasteiger partial charge >= 0.3 is 0 Å². The van der Waals surface area contributed by atoms with Crippen molar-refractivity contribution in [1.82, 2.24) is 10.2 Å². The molecule has 1 heterocycles. The number of likely N-dealkylation sites (N-methyl/N-ethyl adjacent to an activating group) is 1. The molecule has 0 unspecified atom stereocenters. The molecule has 0 bridgehead atoms. The molecule has 4 nitrogen and oxygen atoms in total. The molecule has 2 fully saturated rings. The first-order valence-electron chi connectivity index (χ1n) is 8.58. The highest BCUT2D eigenvalue weighted by molar-refractivity contribution is 5.60. The number of nitrogens with one attached hydrogen (secondary N) is 1.